The van der Waals surface area contributed by atoms with Gasteiger partial charge in [0.2, 0.25) is 0 Å². The number of tetrazole rings is 1. The summed E-state index contributed by atoms with van der Waals surface area (Å²) in [4.78, 5) is 0. The summed E-state index contributed by atoms with van der Waals surface area (Å²) in [5, 5.41) is 16.8. The van der Waals surface area contributed by atoms with Crippen molar-refractivity contribution in [1.82, 2.24) is 25.5 Å². The maximum absolute atomic E-state index is 4.51. The summed E-state index contributed by atoms with van der Waals surface area (Å²) in [5.74, 6) is 0.937. The third-order valence-corrected chi connectivity index (χ3v) is 5.88. The fraction of sp³-hybridized carbons (Fsp3) is 0.409. The fourth-order valence-corrected chi connectivity index (χ4v) is 4.11. The van der Waals surface area contributed by atoms with Crippen molar-refractivity contribution in [3.63, 3.8) is 0 Å². The largest absolute Gasteiger partial charge is 0.301 e. The normalized spacial score (nSPS) is 16.4. The molecule has 5 nitrogen and oxygen atoms in total. The fourth-order valence-electron chi connectivity index (χ4n) is 4.11. The Morgan fingerprint density at radius 2 is 1.74 bits per heavy atom. The van der Waals surface area contributed by atoms with Gasteiger partial charge in [-0.25, -0.2) is 0 Å². The smallest absolute Gasteiger partial charge is 0.176 e. The highest BCUT2D eigenvalue weighted by Gasteiger charge is 2.39. The van der Waals surface area contributed by atoms with Crippen molar-refractivity contribution < 1.29 is 0 Å². The van der Waals surface area contributed by atoms with Crippen LogP contribution >= 0.6 is 0 Å². The van der Waals surface area contributed by atoms with E-state index in [4.69, 9.17) is 0 Å². The maximum atomic E-state index is 4.51. The SMILES string of the molecule is Cc1cccc(-n2nnnc2C2(NCc3ccccc3)CCCCC2)c1C. The molecule has 0 aliphatic heterocycles. The first-order chi connectivity index (χ1) is 13.2. The van der Waals surface area contributed by atoms with E-state index in [1.165, 1.54) is 36.0 Å². The first-order valence-corrected chi connectivity index (χ1v) is 9.84. The van der Waals surface area contributed by atoms with Gasteiger partial charge in [-0.2, -0.15) is 4.68 Å². The van der Waals surface area contributed by atoms with Gasteiger partial charge < -0.3 is 5.32 Å². The van der Waals surface area contributed by atoms with Crippen LogP contribution in [-0.2, 0) is 12.1 Å². The lowest BCUT2D eigenvalue weighted by molar-refractivity contribution is 0.214. The third kappa shape index (κ3) is 3.52. The molecule has 0 saturated heterocycles. The molecule has 0 amide bonds. The first kappa shape index (κ1) is 17.9. The minimum absolute atomic E-state index is 0.187. The van der Waals surface area contributed by atoms with Crippen LogP contribution in [0.5, 0.6) is 0 Å². The van der Waals surface area contributed by atoms with Crippen LogP contribution in [0, 0.1) is 13.8 Å². The Morgan fingerprint density at radius 1 is 0.963 bits per heavy atom. The molecule has 4 rings (SSSR count). The molecule has 0 unspecified atom stereocenters. The molecule has 1 aliphatic rings. The summed E-state index contributed by atoms with van der Waals surface area (Å²) in [6.45, 7) is 5.09. The van der Waals surface area contributed by atoms with Crippen molar-refractivity contribution in [3.05, 3.63) is 71.0 Å². The summed E-state index contributed by atoms with van der Waals surface area (Å²) in [6, 6.07) is 16.9. The number of aryl methyl sites for hydroxylation is 1. The molecule has 1 saturated carbocycles. The minimum Gasteiger partial charge on any atom is -0.301 e. The zero-order valence-corrected chi connectivity index (χ0v) is 16.2. The van der Waals surface area contributed by atoms with Crippen molar-refractivity contribution in [3.8, 4) is 5.69 Å². The van der Waals surface area contributed by atoms with Crippen LogP contribution in [0.2, 0.25) is 0 Å². The Hall–Kier alpha value is -2.53. The topological polar surface area (TPSA) is 55.6 Å². The van der Waals surface area contributed by atoms with E-state index in [1.54, 1.807) is 0 Å². The van der Waals surface area contributed by atoms with Gasteiger partial charge in [-0.3, -0.25) is 0 Å². The number of benzene rings is 2. The molecule has 0 radical (unpaired) electrons. The molecular formula is C22H27N5. The number of nitrogens with zero attached hydrogens (tertiary/aromatic N) is 4. The van der Waals surface area contributed by atoms with Gasteiger partial charge >= 0.3 is 0 Å². The van der Waals surface area contributed by atoms with Crippen LogP contribution in [-0.4, -0.2) is 20.2 Å². The van der Waals surface area contributed by atoms with Crippen molar-refractivity contribution in [2.45, 2.75) is 58.0 Å². The number of rotatable bonds is 5. The van der Waals surface area contributed by atoms with E-state index in [2.05, 4.69) is 83.2 Å². The summed E-state index contributed by atoms with van der Waals surface area (Å²) in [5.41, 5.74) is 4.65. The average molecular weight is 361 g/mol. The lowest BCUT2D eigenvalue weighted by Crippen LogP contribution is -2.45. The molecule has 0 spiro atoms. The highest BCUT2D eigenvalue weighted by molar-refractivity contribution is 5.44. The standard InChI is InChI=1S/C22H27N5/c1-17-10-9-13-20(18(17)2)27-21(24-25-26-27)22(14-7-4-8-15-22)23-16-19-11-5-3-6-12-19/h3,5-6,9-13,23H,4,7-8,14-16H2,1-2H3. The van der Waals surface area contributed by atoms with Crippen LogP contribution in [0.25, 0.3) is 5.69 Å². The second-order valence-electron chi connectivity index (χ2n) is 7.62. The molecular weight excluding hydrogens is 334 g/mol. The zero-order valence-electron chi connectivity index (χ0n) is 16.2. The number of hydrogen-bond donors (Lipinski definition) is 1. The Morgan fingerprint density at radius 3 is 2.52 bits per heavy atom. The van der Waals surface area contributed by atoms with Crippen LogP contribution in [0.15, 0.2) is 48.5 Å². The van der Waals surface area contributed by atoms with Gasteiger partial charge in [0.25, 0.3) is 0 Å². The van der Waals surface area contributed by atoms with Gasteiger partial charge in [-0.15, -0.1) is 5.10 Å². The Kier molecular flexibility index (Phi) is 5.03. The quantitative estimate of drug-likeness (QED) is 0.739. The molecule has 3 aromatic rings. The average Bonchev–Trinajstić information content (AvgIpc) is 3.20. The van der Waals surface area contributed by atoms with Gasteiger partial charge in [0.1, 0.15) is 0 Å². The van der Waals surface area contributed by atoms with E-state index in [1.807, 2.05) is 4.68 Å². The second-order valence-corrected chi connectivity index (χ2v) is 7.62. The molecule has 1 fully saturated rings. The molecule has 27 heavy (non-hydrogen) atoms. The molecule has 5 heteroatoms. The molecule has 0 bridgehead atoms. The predicted octanol–water partition coefficient (Wildman–Crippen LogP) is 4.23. The highest BCUT2D eigenvalue weighted by Crippen LogP contribution is 2.37. The number of nitrogens with one attached hydrogen (secondary N) is 1. The van der Waals surface area contributed by atoms with Crippen LogP contribution in [0.1, 0.15) is 54.6 Å². The molecule has 2 aromatic carbocycles. The van der Waals surface area contributed by atoms with Crippen molar-refractivity contribution in [2.24, 2.45) is 0 Å². The van der Waals surface area contributed by atoms with Gasteiger partial charge in [0, 0.05) is 6.54 Å². The molecule has 1 aliphatic carbocycles. The van der Waals surface area contributed by atoms with E-state index >= 15 is 0 Å². The summed E-state index contributed by atoms with van der Waals surface area (Å²) in [7, 11) is 0. The lowest BCUT2D eigenvalue weighted by Gasteiger charge is -2.37. The van der Waals surface area contributed by atoms with Crippen LogP contribution in [0.3, 0.4) is 0 Å². The zero-order chi connectivity index (χ0) is 18.7. The Bertz CT molecular complexity index is 894. The molecule has 140 valence electrons. The molecule has 1 aromatic heterocycles. The predicted molar refractivity (Wildman–Crippen MR) is 107 cm³/mol. The van der Waals surface area contributed by atoms with Gasteiger partial charge in [0.15, 0.2) is 5.82 Å². The summed E-state index contributed by atoms with van der Waals surface area (Å²) < 4.78 is 1.95. The van der Waals surface area contributed by atoms with Gasteiger partial charge in [0.05, 0.1) is 11.2 Å². The van der Waals surface area contributed by atoms with Crippen LogP contribution < -0.4 is 5.32 Å². The van der Waals surface area contributed by atoms with Crippen molar-refractivity contribution in [2.75, 3.05) is 0 Å². The number of hydrogen-bond acceptors (Lipinski definition) is 4. The van der Waals surface area contributed by atoms with Crippen molar-refractivity contribution in [1.29, 1.82) is 0 Å². The third-order valence-electron chi connectivity index (χ3n) is 5.88. The summed E-state index contributed by atoms with van der Waals surface area (Å²) in [6.07, 6.45) is 5.79. The van der Waals surface area contributed by atoms with E-state index < -0.39 is 0 Å². The first-order valence-electron chi connectivity index (χ1n) is 9.84. The Labute approximate surface area is 160 Å². The Balaban J connectivity index is 1.71. The maximum Gasteiger partial charge on any atom is 0.176 e. The molecule has 1 N–H and O–H groups in total. The van der Waals surface area contributed by atoms with E-state index in [9.17, 15) is 0 Å². The summed E-state index contributed by atoms with van der Waals surface area (Å²) >= 11 is 0. The van der Waals surface area contributed by atoms with Crippen LogP contribution in [0.4, 0.5) is 0 Å². The second kappa shape index (κ2) is 7.61. The number of aromatic nitrogens is 4. The molecule has 0 atom stereocenters. The van der Waals surface area contributed by atoms with E-state index in [0.29, 0.717) is 0 Å². The van der Waals surface area contributed by atoms with E-state index in [0.717, 1.165) is 30.9 Å². The minimum atomic E-state index is -0.187. The monoisotopic (exact) mass is 361 g/mol. The highest BCUT2D eigenvalue weighted by atomic mass is 15.6. The lowest BCUT2D eigenvalue weighted by atomic mass is 9.80. The van der Waals surface area contributed by atoms with Gasteiger partial charge in [-0.05, 0) is 59.9 Å². The van der Waals surface area contributed by atoms with Gasteiger partial charge in [-0.1, -0.05) is 61.7 Å². The van der Waals surface area contributed by atoms with E-state index in [-0.39, 0.29) is 5.54 Å². The van der Waals surface area contributed by atoms with Crippen molar-refractivity contribution >= 4 is 0 Å². The molecule has 1 heterocycles.